The molecule has 3 aromatic rings. The highest BCUT2D eigenvalue weighted by atomic mass is 35.5. The Morgan fingerprint density at radius 3 is 2.07 bits per heavy atom. The fraction of sp³-hybridized carbons (Fsp3) is 0.280. The topological polar surface area (TPSA) is 36.4 Å². The van der Waals surface area contributed by atoms with Gasteiger partial charge in [0.25, 0.3) is 5.91 Å². The number of aromatic nitrogens is 1. The Morgan fingerprint density at radius 2 is 1.47 bits per heavy atom. The third-order valence-electron chi connectivity index (χ3n) is 6.28. The third kappa shape index (κ3) is 3.62. The summed E-state index contributed by atoms with van der Waals surface area (Å²) in [6.07, 6.45) is 5.30. The lowest BCUT2D eigenvalue weighted by Gasteiger charge is -2.40. The van der Waals surface area contributed by atoms with Crippen LogP contribution in [-0.2, 0) is 12.8 Å². The fourth-order valence-electron chi connectivity index (χ4n) is 4.78. The van der Waals surface area contributed by atoms with Crippen LogP contribution in [0.25, 0.3) is 0 Å². The van der Waals surface area contributed by atoms with Crippen molar-refractivity contribution in [3.63, 3.8) is 0 Å². The predicted molar refractivity (Wildman–Crippen MR) is 119 cm³/mol. The van der Waals surface area contributed by atoms with Crippen molar-refractivity contribution in [2.75, 3.05) is 26.2 Å². The van der Waals surface area contributed by atoms with Gasteiger partial charge in [0.2, 0.25) is 0 Å². The Bertz CT molecular complexity index is 1030. The van der Waals surface area contributed by atoms with Crippen molar-refractivity contribution in [1.82, 2.24) is 14.8 Å². The number of carbonyl (C=O) groups is 1. The van der Waals surface area contributed by atoms with Crippen LogP contribution >= 0.6 is 11.6 Å². The molecule has 1 aromatic heterocycles. The van der Waals surface area contributed by atoms with Gasteiger partial charge in [-0.2, -0.15) is 0 Å². The minimum atomic E-state index is 0.00585. The van der Waals surface area contributed by atoms with Gasteiger partial charge in [-0.25, -0.2) is 0 Å². The number of rotatable bonds is 2. The molecule has 2 aliphatic rings. The van der Waals surface area contributed by atoms with Crippen LogP contribution in [-0.4, -0.2) is 46.9 Å². The maximum absolute atomic E-state index is 12.9. The molecule has 0 atom stereocenters. The van der Waals surface area contributed by atoms with Gasteiger partial charge in [-0.1, -0.05) is 60.1 Å². The highest BCUT2D eigenvalue weighted by Gasteiger charge is 2.32. The molecule has 0 N–H and O–H groups in total. The summed E-state index contributed by atoms with van der Waals surface area (Å²) in [5.41, 5.74) is 6.23. The molecule has 5 heteroatoms. The predicted octanol–water partition coefficient (Wildman–Crippen LogP) is 4.38. The molecule has 0 spiro atoms. The molecule has 0 radical (unpaired) electrons. The van der Waals surface area contributed by atoms with E-state index in [1.54, 1.807) is 18.5 Å². The number of pyridine rings is 1. The Morgan fingerprint density at radius 1 is 0.867 bits per heavy atom. The standard InChI is InChI=1S/C25H24ClN3O/c26-21-15-20(16-27-17-21)25(30)29-13-11-28(12-14-29)24-22-7-3-1-5-18(22)9-10-19-6-2-4-8-23(19)24/h1-8,15-17,24H,9-14H2. The Balaban J connectivity index is 1.40. The fourth-order valence-corrected chi connectivity index (χ4v) is 4.96. The largest absolute Gasteiger partial charge is 0.336 e. The Labute approximate surface area is 182 Å². The molecular formula is C25H24ClN3O. The maximum Gasteiger partial charge on any atom is 0.255 e. The summed E-state index contributed by atoms with van der Waals surface area (Å²) in [5, 5.41) is 0.492. The highest BCUT2D eigenvalue weighted by Crippen LogP contribution is 2.37. The molecule has 1 aliphatic carbocycles. The smallest absolute Gasteiger partial charge is 0.255 e. The molecule has 2 heterocycles. The van der Waals surface area contributed by atoms with Crippen molar-refractivity contribution in [2.45, 2.75) is 18.9 Å². The summed E-state index contributed by atoms with van der Waals surface area (Å²) >= 11 is 6.02. The molecule has 5 rings (SSSR count). The second kappa shape index (κ2) is 8.21. The number of halogens is 1. The van der Waals surface area contributed by atoms with Crippen molar-refractivity contribution in [1.29, 1.82) is 0 Å². The number of fused-ring (bicyclic) bond motifs is 2. The number of aryl methyl sites for hydroxylation is 2. The van der Waals surface area contributed by atoms with Crippen molar-refractivity contribution in [3.8, 4) is 0 Å². The van der Waals surface area contributed by atoms with E-state index in [2.05, 4.69) is 58.4 Å². The first-order valence-electron chi connectivity index (χ1n) is 10.5. The molecule has 2 aromatic carbocycles. The molecular weight excluding hydrogens is 394 g/mol. The van der Waals surface area contributed by atoms with Crippen LogP contribution in [0, 0.1) is 0 Å². The SMILES string of the molecule is O=C(c1cncc(Cl)c1)N1CCN(C2c3ccccc3CCc3ccccc32)CC1. The van der Waals surface area contributed by atoms with Crippen LogP contribution < -0.4 is 0 Å². The van der Waals surface area contributed by atoms with E-state index < -0.39 is 0 Å². The molecule has 1 saturated heterocycles. The molecule has 0 saturated carbocycles. The molecule has 1 aliphatic heterocycles. The lowest BCUT2D eigenvalue weighted by molar-refractivity contribution is 0.0596. The summed E-state index contributed by atoms with van der Waals surface area (Å²) in [6.45, 7) is 3.08. The van der Waals surface area contributed by atoms with E-state index in [0.717, 1.165) is 25.9 Å². The summed E-state index contributed by atoms with van der Waals surface area (Å²) in [5.74, 6) is 0.00585. The Hall–Kier alpha value is -2.69. The summed E-state index contributed by atoms with van der Waals surface area (Å²) < 4.78 is 0. The van der Waals surface area contributed by atoms with E-state index in [0.29, 0.717) is 23.7 Å². The number of hydrogen-bond acceptors (Lipinski definition) is 3. The quantitative estimate of drug-likeness (QED) is 0.620. The van der Waals surface area contributed by atoms with Crippen LogP contribution in [0.3, 0.4) is 0 Å². The summed E-state index contributed by atoms with van der Waals surface area (Å²) in [4.78, 5) is 21.4. The molecule has 0 unspecified atom stereocenters. The van der Waals surface area contributed by atoms with E-state index in [9.17, 15) is 4.79 Å². The number of amides is 1. The van der Waals surface area contributed by atoms with Gasteiger partial charge in [-0.05, 0) is 41.2 Å². The normalized spacial score (nSPS) is 17.2. The van der Waals surface area contributed by atoms with Gasteiger partial charge in [0.1, 0.15) is 0 Å². The van der Waals surface area contributed by atoms with Gasteiger partial charge in [-0.15, -0.1) is 0 Å². The Kier molecular flexibility index (Phi) is 5.28. The first kappa shape index (κ1) is 19.3. The second-order valence-corrected chi connectivity index (χ2v) is 8.46. The zero-order chi connectivity index (χ0) is 20.5. The van der Waals surface area contributed by atoms with Gasteiger partial charge in [-0.3, -0.25) is 14.7 Å². The molecule has 152 valence electrons. The monoisotopic (exact) mass is 417 g/mol. The molecule has 4 nitrogen and oxygen atoms in total. The van der Waals surface area contributed by atoms with Gasteiger partial charge in [0, 0.05) is 38.6 Å². The van der Waals surface area contributed by atoms with E-state index in [4.69, 9.17) is 11.6 Å². The lowest BCUT2D eigenvalue weighted by Crippen LogP contribution is -2.50. The molecule has 1 amide bonds. The van der Waals surface area contributed by atoms with E-state index in [1.807, 2.05) is 4.90 Å². The van der Waals surface area contributed by atoms with Gasteiger partial charge in [0.05, 0.1) is 16.6 Å². The second-order valence-electron chi connectivity index (χ2n) is 8.02. The first-order valence-corrected chi connectivity index (χ1v) is 10.9. The van der Waals surface area contributed by atoms with Crippen molar-refractivity contribution in [2.24, 2.45) is 0 Å². The van der Waals surface area contributed by atoms with Gasteiger partial charge in [0.15, 0.2) is 0 Å². The van der Waals surface area contributed by atoms with Crippen LogP contribution in [0.4, 0.5) is 0 Å². The van der Waals surface area contributed by atoms with Crippen LogP contribution in [0.15, 0.2) is 67.0 Å². The minimum absolute atomic E-state index is 0.00585. The average molecular weight is 418 g/mol. The maximum atomic E-state index is 12.9. The summed E-state index contributed by atoms with van der Waals surface area (Å²) in [7, 11) is 0. The van der Waals surface area contributed by atoms with Crippen molar-refractivity contribution in [3.05, 3.63) is 99.8 Å². The summed E-state index contributed by atoms with van der Waals surface area (Å²) in [6, 6.07) is 19.6. The van der Waals surface area contributed by atoms with Crippen LogP contribution in [0.2, 0.25) is 5.02 Å². The van der Waals surface area contributed by atoms with E-state index in [1.165, 1.54) is 22.3 Å². The lowest BCUT2D eigenvalue weighted by atomic mass is 9.92. The molecule has 1 fully saturated rings. The zero-order valence-corrected chi connectivity index (χ0v) is 17.6. The van der Waals surface area contributed by atoms with Gasteiger partial charge >= 0.3 is 0 Å². The average Bonchev–Trinajstić information content (AvgIpc) is 2.96. The minimum Gasteiger partial charge on any atom is -0.336 e. The first-order chi connectivity index (χ1) is 14.7. The molecule has 0 bridgehead atoms. The van der Waals surface area contributed by atoms with E-state index >= 15 is 0 Å². The van der Waals surface area contributed by atoms with Crippen molar-refractivity contribution >= 4 is 17.5 Å². The van der Waals surface area contributed by atoms with Crippen LogP contribution in [0.1, 0.15) is 38.7 Å². The highest BCUT2D eigenvalue weighted by molar-refractivity contribution is 6.30. The number of nitrogens with zero attached hydrogens (tertiary/aromatic N) is 3. The van der Waals surface area contributed by atoms with Gasteiger partial charge < -0.3 is 4.90 Å². The van der Waals surface area contributed by atoms with Crippen LogP contribution in [0.5, 0.6) is 0 Å². The number of carbonyl (C=O) groups excluding carboxylic acids is 1. The third-order valence-corrected chi connectivity index (χ3v) is 6.49. The number of hydrogen-bond donors (Lipinski definition) is 0. The van der Waals surface area contributed by atoms with E-state index in [-0.39, 0.29) is 11.9 Å². The zero-order valence-electron chi connectivity index (χ0n) is 16.8. The number of benzene rings is 2. The molecule has 30 heavy (non-hydrogen) atoms. The number of piperazine rings is 1. The van der Waals surface area contributed by atoms with Crippen molar-refractivity contribution < 1.29 is 4.79 Å².